The Hall–Kier alpha value is -1.19. The Morgan fingerprint density at radius 1 is 1.40 bits per heavy atom. The van der Waals surface area contributed by atoms with Crippen molar-refractivity contribution in [2.24, 2.45) is 5.73 Å². The Balaban J connectivity index is 2.76. The summed E-state index contributed by atoms with van der Waals surface area (Å²) in [4.78, 5) is 11.3. The van der Waals surface area contributed by atoms with Crippen LogP contribution in [0.3, 0.4) is 0 Å². The normalized spacial score (nSPS) is 12.5. The summed E-state index contributed by atoms with van der Waals surface area (Å²) in [6.07, 6.45) is 0.0667. The van der Waals surface area contributed by atoms with Crippen molar-refractivity contribution < 1.29 is 9.53 Å². The molecule has 0 fully saturated rings. The average molecular weight is 207 g/mol. The van der Waals surface area contributed by atoms with Crippen LogP contribution in [0.5, 0.6) is 0 Å². The SMILES string of the molecule is CCO[C@@H](C)c1ccc(C(=O)CN)cc1. The van der Waals surface area contributed by atoms with Crippen LogP contribution in [0.1, 0.15) is 35.9 Å². The van der Waals surface area contributed by atoms with E-state index >= 15 is 0 Å². The largest absolute Gasteiger partial charge is 0.374 e. The second kappa shape index (κ2) is 5.63. The predicted molar refractivity (Wildman–Crippen MR) is 59.9 cm³/mol. The quantitative estimate of drug-likeness (QED) is 0.750. The molecule has 2 N–H and O–H groups in total. The smallest absolute Gasteiger partial charge is 0.176 e. The van der Waals surface area contributed by atoms with E-state index in [4.69, 9.17) is 10.5 Å². The summed E-state index contributed by atoms with van der Waals surface area (Å²) >= 11 is 0. The lowest BCUT2D eigenvalue weighted by atomic mass is 10.1. The third kappa shape index (κ3) is 3.15. The highest BCUT2D eigenvalue weighted by Gasteiger charge is 2.06. The van der Waals surface area contributed by atoms with Crippen molar-refractivity contribution in [1.82, 2.24) is 0 Å². The fourth-order valence-electron chi connectivity index (χ4n) is 1.40. The predicted octanol–water partition coefficient (Wildman–Crippen LogP) is 1.93. The third-order valence-electron chi connectivity index (χ3n) is 2.30. The number of Topliss-reactive ketones (excluding diaryl/α,β-unsaturated/α-hetero) is 1. The molecule has 82 valence electrons. The molecule has 3 heteroatoms. The minimum Gasteiger partial charge on any atom is -0.374 e. The van der Waals surface area contributed by atoms with Crippen molar-refractivity contribution >= 4 is 5.78 Å². The first-order valence-electron chi connectivity index (χ1n) is 5.13. The van der Waals surface area contributed by atoms with Gasteiger partial charge in [-0.1, -0.05) is 24.3 Å². The molecule has 0 bridgehead atoms. The van der Waals surface area contributed by atoms with Crippen LogP contribution in [-0.4, -0.2) is 18.9 Å². The number of hydrogen-bond donors (Lipinski definition) is 1. The van der Waals surface area contributed by atoms with Crippen molar-refractivity contribution in [3.8, 4) is 0 Å². The van der Waals surface area contributed by atoms with Crippen LogP contribution in [0, 0.1) is 0 Å². The van der Waals surface area contributed by atoms with Gasteiger partial charge in [0.25, 0.3) is 0 Å². The lowest BCUT2D eigenvalue weighted by Crippen LogP contribution is -2.13. The van der Waals surface area contributed by atoms with Gasteiger partial charge in [-0.15, -0.1) is 0 Å². The first kappa shape index (κ1) is 11.9. The van der Waals surface area contributed by atoms with E-state index in [2.05, 4.69) is 0 Å². The lowest BCUT2D eigenvalue weighted by molar-refractivity contribution is 0.0763. The molecule has 15 heavy (non-hydrogen) atoms. The van der Waals surface area contributed by atoms with Crippen LogP contribution in [-0.2, 0) is 4.74 Å². The molecule has 3 nitrogen and oxygen atoms in total. The molecule has 1 aromatic carbocycles. The lowest BCUT2D eigenvalue weighted by Gasteiger charge is -2.11. The summed E-state index contributed by atoms with van der Waals surface area (Å²) in [6, 6.07) is 7.40. The minimum absolute atomic E-state index is 0.0365. The van der Waals surface area contributed by atoms with Gasteiger partial charge in [-0.2, -0.15) is 0 Å². The molecule has 0 aliphatic carbocycles. The summed E-state index contributed by atoms with van der Waals surface area (Å²) in [5, 5.41) is 0. The van der Waals surface area contributed by atoms with Crippen molar-refractivity contribution in [2.45, 2.75) is 20.0 Å². The van der Waals surface area contributed by atoms with Gasteiger partial charge in [-0.05, 0) is 19.4 Å². The third-order valence-corrected chi connectivity index (χ3v) is 2.30. The van der Waals surface area contributed by atoms with Gasteiger partial charge < -0.3 is 10.5 Å². The monoisotopic (exact) mass is 207 g/mol. The second-order valence-electron chi connectivity index (χ2n) is 3.35. The second-order valence-corrected chi connectivity index (χ2v) is 3.35. The van der Waals surface area contributed by atoms with Gasteiger partial charge in [0.05, 0.1) is 12.6 Å². The van der Waals surface area contributed by atoms with Crippen LogP contribution in [0.2, 0.25) is 0 Å². The van der Waals surface area contributed by atoms with Crippen molar-refractivity contribution in [3.63, 3.8) is 0 Å². The van der Waals surface area contributed by atoms with Gasteiger partial charge >= 0.3 is 0 Å². The Morgan fingerprint density at radius 2 is 2.00 bits per heavy atom. The molecule has 0 saturated carbocycles. The highest BCUT2D eigenvalue weighted by molar-refractivity contribution is 5.97. The van der Waals surface area contributed by atoms with Crippen molar-refractivity contribution in [2.75, 3.05) is 13.2 Å². The van der Waals surface area contributed by atoms with Crippen LogP contribution in [0.4, 0.5) is 0 Å². The Morgan fingerprint density at radius 3 is 2.47 bits per heavy atom. The van der Waals surface area contributed by atoms with Crippen molar-refractivity contribution in [1.29, 1.82) is 0 Å². The molecular weight excluding hydrogens is 190 g/mol. The maximum Gasteiger partial charge on any atom is 0.176 e. The van der Waals surface area contributed by atoms with E-state index in [-0.39, 0.29) is 18.4 Å². The topological polar surface area (TPSA) is 52.3 Å². The van der Waals surface area contributed by atoms with Gasteiger partial charge in [0.15, 0.2) is 5.78 Å². The standard InChI is InChI=1S/C12H17NO2/c1-3-15-9(2)10-4-6-11(7-5-10)12(14)8-13/h4-7,9H,3,8,13H2,1-2H3/t9-/m0/s1. The Bertz CT molecular complexity index is 319. The Kier molecular flexibility index (Phi) is 4.46. The first-order valence-corrected chi connectivity index (χ1v) is 5.13. The summed E-state index contributed by atoms with van der Waals surface area (Å²) in [5.41, 5.74) is 7.01. The molecule has 0 amide bonds. The van der Waals surface area contributed by atoms with E-state index < -0.39 is 0 Å². The van der Waals surface area contributed by atoms with E-state index in [1.165, 1.54) is 0 Å². The molecule has 0 heterocycles. The van der Waals surface area contributed by atoms with E-state index in [0.29, 0.717) is 12.2 Å². The summed E-state index contributed by atoms with van der Waals surface area (Å²) in [5.74, 6) is -0.0365. The molecule has 0 aromatic heterocycles. The molecule has 0 unspecified atom stereocenters. The molecule has 1 rings (SSSR count). The number of benzene rings is 1. The van der Waals surface area contributed by atoms with E-state index in [1.807, 2.05) is 26.0 Å². The minimum atomic E-state index is -0.0365. The van der Waals surface area contributed by atoms with Crippen LogP contribution in [0.15, 0.2) is 24.3 Å². The zero-order chi connectivity index (χ0) is 11.3. The summed E-state index contributed by atoms with van der Waals surface area (Å²) in [6.45, 7) is 4.69. The van der Waals surface area contributed by atoms with E-state index in [0.717, 1.165) is 5.56 Å². The maximum absolute atomic E-state index is 11.3. The molecular formula is C12H17NO2. The van der Waals surface area contributed by atoms with Gasteiger partial charge in [-0.25, -0.2) is 0 Å². The number of ether oxygens (including phenoxy) is 1. The number of carbonyl (C=O) groups excluding carboxylic acids is 1. The number of ketones is 1. The van der Waals surface area contributed by atoms with Crippen LogP contribution < -0.4 is 5.73 Å². The highest BCUT2D eigenvalue weighted by atomic mass is 16.5. The zero-order valence-corrected chi connectivity index (χ0v) is 9.19. The average Bonchev–Trinajstić information content (AvgIpc) is 2.28. The molecule has 1 aromatic rings. The molecule has 0 spiro atoms. The number of nitrogens with two attached hydrogens (primary N) is 1. The molecule has 0 radical (unpaired) electrons. The van der Waals surface area contributed by atoms with Crippen molar-refractivity contribution in [3.05, 3.63) is 35.4 Å². The highest BCUT2D eigenvalue weighted by Crippen LogP contribution is 2.17. The number of rotatable bonds is 5. The van der Waals surface area contributed by atoms with Gasteiger partial charge in [-0.3, -0.25) is 4.79 Å². The fraction of sp³-hybridized carbons (Fsp3) is 0.417. The van der Waals surface area contributed by atoms with Gasteiger partial charge in [0.1, 0.15) is 0 Å². The first-order chi connectivity index (χ1) is 7.19. The van der Waals surface area contributed by atoms with E-state index in [9.17, 15) is 4.79 Å². The van der Waals surface area contributed by atoms with Gasteiger partial charge in [0.2, 0.25) is 0 Å². The van der Waals surface area contributed by atoms with Gasteiger partial charge in [0, 0.05) is 12.2 Å². The maximum atomic E-state index is 11.3. The fourth-order valence-corrected chi connectivity index (χ4v) is 1.40. The molecule has 1 atom stereocenters. The zero-order valence-electron chi connectivity index (χ0n) is 9.19. The molecule has 0 aliphatic heterocycles. The Labute approximate surface area is 90.2 Å². The molecule has 0 aliphatic rings. The molecule has 0 saturated heterocycles. The van der Waals surface area contributed by atoms with Crippen LogP contribution >= 0.6 is 0 Å². The van der Waals surface area contributed by atoms with Crippen LogP contribution in [0.25, 0.3) is 0 Å². The number of hydrogen-bond acceptors (Lipinski definition) is 3. The summed E-state index contributed by atoms with van der Waals surface area (Å²) < 4.78 is 5.44. The summed E-state index contributed by atoms with van der Waals surface area (Å²) in [7, 11) is 0. The number of carbonyl (C=O) groups is 1. The van der Waals surface area contributed by atoms with E-state index in [1.54, 1.807) is 12.1 Å².